The zero-order valence-corrected chi connectivity index (χ0v) is 32.7. The number of Topliss-reactive ketones (excluding diaryl/α,β-unsaturated/α-hetero) is 2. The molecule has 3 heterocycles. The Balaban J connectivity index is 1.60. The number of nitrogens with zero attached hydrogens (tertiary/aromatic N) is 3. The number of phenols is 1. The number of hydrogen-bond acceptors (Lipinski definition) is 10. The lowest BCUT2D eigenvalue weighted by molar-refractivity contribution is -0.154. The number of hydrogen-bond donors (Lipinski definition) is 3. The van der Waals surface area contributed by atoms with Gasteiger partial charge in [-0.3, -0.25) is 28.8 Å². The predicted molar refractivity (Wildman–Crippen MR) is 205 cm³/mol. The zero-order chi connectivity index (χ0) is 41.0. The second kappa shape index (κ2) is 17.4. The van der Waals surface area contributed by atoms with Gasteiger partial charge in [0.05, 0.1) is 19.2 Å². The molecule has 0 unspecified atom stereocenters. The Morgan fingerprint density at radius 2 is 1.39 bits per heavy atom. The van der Waals surface area contributed by atoms with Gasteiger partial charge < -0.3 is 39.7 Å². The van der Waals surface area contributed by atoms with Crippen molar-refractivity contribution in [2.24, 2.45) is 11.8 Å². The maximum atomic E-state index is 14.7. The Kier molecular flexibility index (Phi) is 12.8. The van der Waals surface area contributed by atoms with Crippen molar-refractivity contribution >= 4 is 35.2 Å². The number of rotatable bonds is 3. The molecule has 3 aromatic rings. The topological polar surface area (TPSA) is 183 Å². The summed E-state index contributed by atoms with van der Waals surface area (Å²) < 4.78 is 11.2. The summed E-state index contributed by atoms with van der Waals surface area (Å²) in [6.45, 7) is 4.56. The van der Waals surface area contributed by atoms with E-state index in [4.69, 9.17) is 9.47 Å². The van der Waals surface area contributed by atoms with Crippen molar-refractivity contribution in [3.63, 3.8) is 0 Å². The number of methoxy groups -OCH3 is 1. The fourth-order valence-corrected chi connectivity index (χ4v) is 7.24. The molecule has 3 aromatic carbocycles. The molecule has 1 fully saturated rings. The van der Waals surface area contributed by atoms with E-state index in [9.17, 15) is 39.0 Å². The number of amides is 4. The summed E-state index contributed by atoms with van der Waals surface area (Å²) in [7, 11) is 5.75. The van der Waals surface area contributed by atoms with Gasteiger partial charge in [0, 0.05) is 52.2 Å². The first kappa shape index (κ1) is 41.4. The molecule has 14 heteroatoms. The van der Waals surface area contributed by atoms with Crippen LogP contribution in [0.15, 0.2) is 66.7 Å². The van der Waals surface area contributed by atoms with E-state index >= 15 is 0 Å². The van der Waals surface area contributed by atoms with Gasteiger partial charge in [-0.05, 0) is 66.4 Å². The van der Waals surface area contributed by atoms with Crippen LogP contribution in [0.2, 0.25) is 0 Å². The van der Waals surface area contributed by atoms with Crippen LogP contribution in [0.1, 0.15) is 56.4 Å². The number of nitrogens with one attached hydrogen (secondary N) is 1. The SMILES string of the molecule is COc1ccc(C[C@H]2C(=O)C[C@H](C)C(=O)N(C)[C@@H]3C(=O)N(C)[C@@H](Cc4ccc(O)c(c4)Oc4ccc(cc4)[C@H]3O)C(=O)C[C@@H](C)C(=O)N[C@H](C)C(=O)N2C)cc1. The van der Waals surface area contributed by atoms with Crippen molar-refractivity contribution in [2.45, 2.75) is 76.7 Å². The van der Waals surface area contributed by atoms with Crippen molar-refractivity contribution in [3.8, 4) is 23.0 Å². The largest absolute Gasteiger partial charge is 0.504 e. The number of benzene rings is 3. The first-order valence-corrected chi connectivity index (χ1v) is 18.6. The number of aliphatic hydroxyl groups excluding tert-OH is 1. The Morgan fingerprint density at radius 3 is 2.04 bits per heavy atom. The quantitative estimate of drug-likeness (QED) is 0.358. The molecule has 0 aliphatic carbocycles. The average Bonchev–Trinajstić information content (AvgIpc) is 3.18. The van der Waals surface area contributed by atoms with Gasteiger partial charge in [0.25, 0.3) is 0 Å². The van der Waals surface area contributed by atoms with E-state index < -0.39 is 77.3 Å². The van der Waals surface area contributed by atoms with Crippen molar-refractivity contribution in [1.29, 1.82) is 0 Å². The first-order valence-electron chi connectivity index (χ1n) is 18.6. The molecule has 298 valence electrons. The molecule has 3 N–H and O–H groups in total. The minimum atomic E-state index is -1.59. The smallest absolute Gasteiger partial charge is 0.248 e. The molecule has 1 saturated heterocycles. The van der Waals surface area contributed by atoms with E-state index in [2.05, 4.69) is 5.32 Å². The molecule has 0 saturated carbocycles. The molecule has 7 atom stereocenters. The van der Waals surface area contributed by atoms with Crippen LogP contribution < -0.4 is 14.8 Å². The first-order chi connectivity index (χ1) is 26.5. The van der Waals surface area contributed by atoms with Crippen LogP contribution in [-0.4, -0.2) is 113 Å². The predicted octanol–water partition coefficient (Wildman–Crippen LogP) is 3.22. The molecule has 0 radical (unpaired) electrons. The van der Waals surface area contributed by atoms with Crippen LogP contribution in [-0.2, 0) is 41.6 Å². The Hall–Kier alpha value is -5.76. The summed E-state index contributed by atoms with van der Waals surface area (Å²) in [6, 6.07) is 12.8. The highest BCUT2D eigenvalue weighted by Gasteiger charge is 2.42. The number of likely N-dealkylation sites (N-methyl/N-ethyl adjacent to an activating group) is 3. The Labute approximate surface area is 326 Å². The number of aromatic hydroxyl groups is 1. The van der Waals surface area contributed by atoms with Crippen LogP contribution in [0, 0.1) is 11.8 Å². The highest BCUT2D eigenvalue weighted by molar-refractivity contribution is 5.98. The minimum absolute atomic E-state index is 0.0652. The number of carbonyl (C=O) groups excluding carboxylic acids is 6. The minimum Gasteiger partial charge on any atom is -0.504 e. The number of phenolic OH excluding ortho intramolecular Hbond substituents is 1. The standard InChI is InChI=1S/C42H50N4O10/c1-23-18-34(48)32-21-27-10-17-33(47)36(22-27)56-30-15-11-28(12-16-30)38(50)37(42(54)45(32)5)46(6)40(52)24(2)19-35(49)31(20-26-8-13-29(55-7)14-9-26)44(4)41(53)25(3)43-39(23)51/h8-17,22-25,31-32,37-38,47,50H,18-21H2,1-7H3,(H,43,51)/t23-,24+,25-,31+,32+,37+,38-/m1/s1. The Morgan fingerprint density at radius 1 is 0.750 bits per heavy atom. The van der Waals surface area contributed by atoms with E-state index in [1.807, 2.05) is 0 Å². The second-order valence-corrected chi connectivity index (χ2v) is 14.9. The van der Waals surface area contributed by atoms with E-state index in [1.165, 1.54) is 77.0 Å². The zero-order valence-electron chi connectivity index (χ0n) is 32.7. The van der Waals surface area contributed by atoms with Gasteiger partial charge in [-0.25, -0.2) is 0 Å². The van der Waals surface area contributed by atoms with Gasteiger partial charge in [-0.15, -0.1) is 0 Å². The van der Waals surface area contributed by atoms with Gasteiger partial charge in [0.2, 0.25) is 23.6 Å². The normalized spacial score (nSPS) is 26.0. The van der Waals surface area contributed by atoms with Crippen LogP contribution in [0.5, 0.6) is 23.0 Å². The number of ether oxygens (including phenoxy) is 2. The van der Waals surface area contributed by atoms with Crippen LogP contribution in [0.4, 0.5) is 0 Å². The number of aliphatic hydroxyl groups is 1. The highest BCUT2D eigenvalue weighted by atomic mass is 16.5. The second-order valence-electron chi connectivity index (χ2n) is 14.9. The van der Waals surface area contributed by atoms with Gasteiger partial charge >= 0.3 is 0 Å². The van der Waals surface area contributed by atoms with Crippen LogP contribution in [0.3, 0.4) is 0 Å². The molecule has 3 aliphatic rings. The molecule has 0 spiro atoms. The summed E-state index contributed by atoms with van der Waals surface area (Å²) in [5.74, 6) is -4.53. The van der Waals surface area contributed by atoms with Crippen LogP contribution >= 0.6 is 0 Å². The highest BCUT2D eigenvalue weighted by Crippen LogP contribution is 2.35. The lowest BCUT2D eigenvalue weighted by atomic mass is 9.91. The van der Waals surface area contributed by atoms with E-state index in [0.717, 1.165) is 10.5 Å². The molecule has 4 amide bonds. The average molecular weight is 771 g/mol. The molecular weight excluding hydrogens is 720 g/mol. The third kappa shape index (κ3) is 9.02. The summed E-state index contributed by atoms with van der Waals surface area (Å²) in [5, 5.41) is 25.1. The molecule has 56 heavy (non-hydrogen) atoms. The summed E-state index contributed by atoms with van der Waals surface area (Å²) in [4.78, 5) is 88.3. The molecular formula is C42H50N4O10. The molecule has 0 aromatic heterocycles. The third-order valence-electron chi connectivity index (χ3n) is 10.8. The van der Waals surface area contributed by atoms with Crippen molar-refractivity contribution < 1.29 is 48.5 Å². The third-order valence-corrected chi connectivity index (χ3v) is 10.8. The summed E-state index contributed by atoms with van der Waals surface area (Å²) in [6.07, 6.45) is -2.21. The molecule has 14 nitrogen and oxygen atoms in total. The van der Waals surface area contributed by atoms with Crippen LogP contribution in [0.25, 0.3) is 0 Å². The molecule has 3 aliphatic heterocycles. The Bertz CT molecular complexity index is 1970. The van der Waals surface area contributed by atoms with Crippen molar-refractivity contribution in [2.75, 3.05) is 28.3 Å². The summed E-state index contributed by atoms with van der Waals surface area (Å²) in [5.41, 5.74) is 1.49. The van der Waals surface area contributed by atoms with Gasteiger partial charge in [-0.1, -0.05) is 44.2 Å². The van der Waals surface area contributed by atoms with E-state index in [-0.39, 0.29) is 42.7 Å². The number of fused-ring (bicyclic) bond motifs is 2. The monoisotopic (exact) mass is 770 g/mol. The maximum absolute atomic E-state index is 14.7. The number of carbonyl (C=O) groups is 6. The lowest BCUT2D eigenvalue weighted by Gasteiger charge is -2.38. The maximum Gasteiger partial charge on any atom is 0.248 e. The van der Waals surface area contributed by atoms with Gasteiger partial charge in [0.15, 0.2) is 23.1 Å². The van der Waals surface area contributed by atoms with Crippen molar-refractivity contribution in [3.05, 3.63) is 83.4 Å². The van der Waals surface area contributed by atoms with Gasteiger partial charge in [-0.2, -0.15) is 0 Å². The van der Waals surface area contributed by atoms with E-state index in [1.54, 1.807) is 48.5 Å². The molecule has 6 bridgehead atoms. The van der Waals surface area contributed by atoms with Crippen molar-refractivity contribution in [1.82, 2.24) is 20.0 Å². The molecule has 6 rings (SSSR count). The summed E-state index contributed by atoms with van der Waals surface area (Å²) >= 11 is 0. The van der Waals surface area contributed by atoms with E-state index in [0.29, 0.717) is 17.1 Å². The van der Waals surface area contributed by atoms with Gasteiger partial charge in [0.1, 0.15) is 29.7 Å². The fourth-order valence-electron chi connectivity index (χ4n) is 7.24. The lowest BCUT2D eigenvalue weighted by Crippen LogP contribution is -2.57. The fraction of sp³-hybridized carbons (Fsp3) is 0.429. The number of ketones is 2.